The zero-order valence-corrected chi connectivity index (χ0v) is 10.6. The Balaban J connectivity index is 1.58. The van der Waals surface area contributed by atoms with E-state index >= 15 is 0 Å². The first kappa shape index (κ1) is 11.8. The highest BCUT2D eigenvalue weighted by Crippen LogP contribution is 2.22. The third kappa shape index (κ3) is 2.60. The van der Waals surface area contributed by atoms with Gasteiger partial charge in [-0.3, -0.25) is 4.79 Å². The van der Waals surface area contributed by atoms with E-state index in [1.54, 1.807) is 0 Å². The highest BCUT2D eigenvalue weighted by atomic mass is 16.5. The van der Waals surface area contributed by atoms with Crippen molar-refractivity contribution in [3.05, 3.63) is 65.7 Å². The Kier molecular flexibility index (Phi) is 3.19. The lowest BCUT2D eigenvalue weighted by molar-refractivity contribution is -0.134. The molecule has 0 saturated heterocycles. The average Bonchev–Trinajstić information content (AvgIpc) is 2.90. The molecule has 0 radical (unpaired) electrons. The standard InChI is InChI=1S/C16H15NO2/c18-16(12-19-15-8-2-1-3-9-15)17-10-13-6-4-5-7-14(13)11-17/h1-9H,10-12H2. The Morgan fingerprint density at radius 1 is 0.947 bits per heavy atom. The summed E-state index contributed by atoms with van der Waals surface area (Å²) < 4.78 is 5.49. The quantitative estimate of drug-likeness (QED) is 0.841. The molecule has 0 aromatic heterocycles. The highest BCUT2D eigenvalue weighted by molar-refractivity contribution is 5.78. The molecule has 19 heavy (non-hydrogen) atoms. The van der Waals surface area contributed by atoms with Crippen molar-refractivity contribution in [2.24, 2.45) is 0 Å². The first-order valence-corrected chi connectivity index (χ1v) is 6.35. The Labute approximate surface area is 112 Å². The summed E-state index contributed by atoms with van der Waals surface area (Å²) in [5.41, 5.74) is 2.46. The van der Waals surface area contributed by atoms with Crippen LogP contribution in [-0.4, -0.2) is 17.4 Å². The van der Waals surface area contributed by atoms with E-state index in [2.05, 4.69) is 12.1 Å². The fourth-order valence-corrected chi connectivity index (χ4v) is 2.26. The van der Waals surface area contributed by atoms with Crippen LogP contribution in [0.4, 0.5) is 0 Å². The smallest absolute Gasteiger partial charge is 0.261 e. The van der Waals surface area contributed by atoms with Crippen molar-refractivity contribution in [1.29, 1.82) is 0 Å². The number of hydrogen-bond donors (Lipinski definition) is 0. The van der Waals surface area contributed by atoms with E-state index < -0.39 is 0 Å². The van der Waals surface area contributed by atoms with Gasteiger partial charge in [-0.1, -0.05) is 42.5 Å². The van der Waals surface area contributed by atoms with Gasteiger partial charge in [0.15, 0.2) is 6.61 Å². The number of amides is 1. The molecule has 2 aromatic rings. The Bertz CT molecular complexity index is 555. The van der Waals surface area contributed by atoms with Crippen LogP contribution in [0.1, 0.15) is 11.1 Å². The molecule has 2 aromatic carbocycles. The maximum absolute atomic E-state index is 12.1. The molecule has 3 heteroatoms. The largest absolute Gasteiger partial charge is 0.484 e. The average molecular weight is 253 g/mol. The molecule has 96 valence electrons. The third-order valence-electron chi connectivity index (χ3n) is 3.30. The zero-order chi connectivity index (χ0) is 13.1. The van der Waals surface area contributed by atoms with Crippen LogP contribution in [-0.2, 0) is 17.9 Å². The van der Waals surface area contributed by atoms with Crippen LogP contribution in [0.25, 0.3) is 0 Å². The molecule has 0 fully saturated rings. The first-order valence-electron chi connectivity index (χ1n) is 6.35. The molecule has 0 N–H and O–H groups in total. The Hall–Kier alpha value is -2.29. The first-order chi connectivity index (χ1) is 9.33. The second-order valence-corrected chi connectivity index (χ2v) is 4.62. The van der Waals surface area contributed by atoms with Crippen molar-refractivity contribution in [3.8, 4) is 5.75 Å². The van der Waals surface area contributed by atoms with Crippen molar-refractivity contribution >= 4 is 5.91 Å². The van der Waals surface area contributed by atoms with E-state index in [-0.39, 0.29) is 12.5 Å². The van der Waals surface area contributed by atoms with Crippen molar-refractivity contribution in [1.82, 2.24) is 4.90 Å². The van der Waals surface area contributed by atoms with Crippen LogP contribution in [0.2, 0.25) is 0 Å². The van der Waals surface area contributed by atoms with Gasteiger partial charge in [-0.25, -0.2) is 0 Å². The van der Waals surface area contributed by atoms with Crippen LogP contribution < -0.4 is 4.74 Å². The van der Waals surface area contributed by atoms with Gasteiger partial charge in [-0.05, 0) is 23.3 Å². The highest BCUT2D eigenvalue weighted by Gasteiger charge is 2.22. The predicted octanol–water partition coefficient (Wildman–Crippen LogP) is 2.61. The normalized spacial score (nSPS) is 13.2. The summed E-state index contributed by atoms with van der Waals surface area (Å²) in [5.74, 6) is 0.757. The molecule has 1 aliphatic rings. The SMILES string of the molecule is O=C(COc1ccccc1)N1Cc2ccccc2C1. The van der Waals surface area contributed by atoms with Gasteiger partial charge in [0.25, 0.3) is 5.91 Å². The second kappa shape index (κ2) is 5.14. The number of fused-ring (bicyclic) bond motifs is 1. The lowest BCUT2D eigenvalue weighted by Gasteiger charge is -2.15. The number of rotatable bonds is 3. The Morgan fingerprint density at radius 3 is 2.16 bits per heavy atom. The molecule has 3 rings (SSSR count). The molecule has 0 atom stereocenters. The summed E-state index contributed by atoms with van der Waals surface area (Å²) in [4.78, 5) is 13.9. The fourth-order valence-electron chi connectivity index (χ4n) is 2.26. The number of hydrogen-bond acceptors (Lipinski definition) is 2. The zero-order valence-electron chi connectivity index (χ0n) is 10.6. The van der Waals surface area contributed by atoms with Crippen LogP contribution in [0, 0.1) is 0 Å². The van der Waals surface area contributed by atoms with Gasteiger partial charge in [0.2, 0.25) is 0 Å². The van der Waals surface area contributed by atoms with Crippen LogP contribution >= 0.6 is 0 Å². The fraction of sp³-hybridized carbons (Fsp3) is 0.188. The van der Waals surface area contributed by atoms with Crippen molar-refractivity contribution in [2.75, 3.05) is 6.61 Å². The van der Waals surface area contributed by atoms with E-state index in [1.165, 1.54) is 11.1 Å². The van der Waals surface area contributed by atoms with Crippen LogP contribution in [0.3, 0.4) is 0 Å². The van der Waals surface area contributed by atoms with Gasteiger partial charge in [0.05, 0.1) is 0 Å². The minimum Gasteiger partial charge on any atom is -0.484 e. The summed E-state index contributed by atoms with van der Waals surface area (Å²) in [7, 11) is 0. The van der Waals surface area contributed by atoms with Gasteiger partial charge in [-0.15, -0.1) is 0 Å². The van der Waals surface area contributed by atoms with Crippen molar-refractivity contribution < 1.29 is 9.53 Å². The van der Waals surface area contributed by atoms with Crippen LogP contribution in [0.15, 0.2) is 54.6 Å². The molecular formula is C16H15NO2. The number of ether oxygens (including phenoxy) is 1. The molecule has 0 saturated carbocycles. The predicted molar refractivity (Wildman–Crippen MR) is 72.6 cm³/mol. The number of nitrogens with zero attached hydrogens (tertiary/aromatic N) is 1. The molecule has 0 unspecified atom stereocenters. The number of para-hydroxylation sites is 1. The molecule has 0 bridgehead atoms. The van der Waals surface area contributed by atoms with Crippen molar-refractivity contribution in [2.45, 2.75) is 13.1 Å². The lowest BCUT2D eigenvalue weighted by atomic mass is 10.1. The summed E-state index contributed by atoms with van der Waals surface area (Å²) in [6.07, 6.45) is 0. The van der Waals surface area contributed by atoms with Gasteiger partial charge in [-0.2, -0.15) is 0 Å². The summed E-state index contributed by atoms with van der Waals surface area (Å²) >= 11 is 0. The topological polar surface area (TPSA) is 29.5 Å². The number of benzene rings is 2. The minimum absolute atomic E-state index is 0.0278. The van der Waals surface area contributed by atoms with E-state index in [0.29, 0.717) is 13.1 Å². The van der Waals surface area contributed by atoms with Gasteiger partial charge < -0.3 is 9.64 Å². The summed E-state index contributed by atoms with van der Waals surface area (Å²) in [6, 6.07) is 17.6. The molecule has 3 nitrogen and oxygen atoms in total. The molecular weight excluding hydrogens is 238 g/mol. The molecule has 1 amide bonds. The summed E-state index contributed by atoms with van der Waals surface area (Å²) in [5, 5.41) is 0. The van der Waals surface area contributed by atoms with Crippen molar-refractivity contribution in [3.63, 3.8) is 0 Å². The molecule has 0 aliphatic carbocycles. The molecule has 1 aliphatic heterocycles. The van der Waals surface area contributed by atoms with E-state index in [9.17, 15) is 4.79 Å². The van der Waals surface area contributed by atoms with E-state index in [0.717, 1.165) is 5.75 Å². The third-order valence-corrected chi connectivity index (χ3v) is 3.30. The van der Waals surface area contributed by atoms with Gasteiger partial charge in [0, 0.05) is 13.1 Å². The number of carbonyl (C=O) groups is 1. The maximum atomic E-state index is 12.1. The van der Waals surface area contributed by atoms with Gasteiger partial charge in [0.1, 0.15) is 5.75 Å². The second-order valence-electron chi connectivity index (χ2n) is 4.62. The monoisotopic (exact) mass is 253 g/mol. The number of carbonyl (C=O) groups excluding carboxylic acids is 1. The summed E-state index contributed by atoms with van der Waals surface area (Å²) in [6.45, 7) is 1.47. The van der Waals surface area contributed by atoms with E-state index in [4.69, 9.17) is 4.74 Å². The van der Waals surface area contributed by atoms with Crippen LogP contribution in [0.5, 0.6) is 5.75 Å². The lowest BCUT2D eigenvalue weighted by Crippen LogP contribution is -2.30. The molecule has 0 spiro atoms. The van der Waals surface area contributed by atoms with E-state index in [1.807, 2.05) is 47.4 Å². The van der Waals surface area contributed by atoms with Gasteiger partial charge >= 0.3 is 0 Å². The molecule has 1 heterocycles. The maximum Gasteiger partial charge on any atom is 0.261 e. The minimum atomic E-state index is 0.0278. The Morgan fingerprint density at radius 2 is 1.53 bits per heavy atom.